The number of phenolic OH excluding ortho intramolecular Hbond substituents is 1. The molecule has 0 fully saturated rings. The normalized spacial score (nSPS) is 10.6. The van der Waals surface area contributed by atoms with Gasteiger partial charge in [0.25, 0.3) is 0 Å². The van der Waals surface area contributed by atoms with Gasteiger partial charge in [-0.3, -0.25) is 0 Å². The van der Waals surface area contributed by atoms with Gasteiger partial charge in [0.1, 0.15) is 5.75 Å². The van der Waals surface area contributed by atoms with Crippen LogP contribution in [0.25, 0.3) is 11.1 Å². The summed E-state index contributed by atoms with van der Waals surface area (Å²) in [5, 5.41) is 9.20. The molecular weight excluding hydrogens is 262 g/mol. The van der Waals surface area contributed by atoms with Crippen molar-refractivity contribution in [2.24, 2.45) is 0 Å². The van der Waals surface area contributed by atoms with Crippen LogP contribution in [0.1, 0.15) is 19.8 Å². The van der Waals surface area contributed by atoms with Crippen LogP contribution in [0.3, 0.4) is 0 Å². The van der Waals surface area contributed by atoms with Gasteiger partial charge >= 0.3 is 0 Å². The molecule has 1 N–H and O–H groups in total. The molecule has 0 unspecified atom stereocenters. The summed E-state index contributed by atoms with van der Waals surface area (Å²) in [5.74, 6) is -1.91. The molecule has 0 radical (unpaired) electrons. The lowest BCUT2D eigenvalue weighted by Gasteiger charge is -2.10. The van der Waals surface area contributed by atoms with Crippen molar-refractivity contribution in [3.05, 3.63) is 48.0 Å². The molecule has 2 nitrogen and oxygen atoms in total. The fourth-order valence-corrected chi connectivity index (χ4v) is 1.83. The Hall–Kier alpha value is -2.10. The fraction of sp³-hybridized carbons (Fsp3) is 0.250. The third-order valence-corrected chi connectivity index (χ3v) is 2.98. The van der Waals surface area contributed by atoms with Gasteiger partial charge in [-0.2, -0.15) is 4.39 Å². The van der Waals surface area contributed by atoms with Gasteiger partial charge in [-0.05, 0) is 36.2 Å². The quantitative estimate of drug-likeness (QED) is 0.815. The predicted octanol–water partition coefficient (Wildman–Crippen LogP) is 4.52. The summed E-state index contributed by atoms with van der Waals surface area (Å²) in [6.45, 7) is 2.36. The molecule has 106 valence electrons. The van der Waals surface area contributed by atoms with Gasteiger partial charge in [-0.1, -0.05) is 25.5 Å². The maximum Gasteiger partial charge on any atom is 0.201 e. The Bertz CT molecular complexity index is 580. The Labute approximate surface area is 116 Å². The van der Waals surface area contributed by atoms with E-state index in [0.717, 1.165) is 12.8 Å². The Morgan fingerprint density at radius 2 is 1.70 bits per heavy atom. The summed E-state index contributed by atoms with van der Waals surface area (Å²) < 4.78 is 33.2. The average Bonchev–Trinajstić information content (AvgIpc) is 2.45. The zero-order chi connectivity index (χ0) is 14.5. The summed E-state index contributed by atoms with van der Waals surface area (Å²) in [7, 11) is 0. The number of hydrogen-bond acceptors (Lipinski definition) is 2. The molecular formula is C16H16F2O2. The fourth-order valence-electron chi connectivity index (χ4n) is 1.83. The van der Waals surface area contributed by atoms with E-state index in [1.54, 1.807) is 0 Å². The number of phenols is 1. The number of rotatable bonds is 5. The van der Waals surface area contributed by atoms with Crippen molar-refractivity contribution >= 4 is 0 Å². The maximum absolute atomic E-state index is 14.0. The van der Waals surface area contributed by atoms with Crippen LogP contribution in [0.2, 0.25) is 0 Å². The maximum atomic E-state index is 14.0. The summed E-state index contributed by atoms with van der Waals surface area (Å²) in [6.07, 6.45) is 1.72. The molecule has 0 saturated heterocycles. The molecule has 0 heterocycles. The van der Waals surface area contributed by atoms with E-state index >= 15 is 0 Å². The van der Waals surface area contributed by atoms with Crippen LogP contribution >= 0.6 is 0 Å². The highest BCUT2D eigenvalue weighted by atomic mass is 19.2. The van der Waals surface area contributed by atoms with Gasteiger partial charge in [-0.15, -0.1) is 0 Å². The van der Waals surface area contributed by atoms with Crippen LogP contribution in [0, 0.1) is 11.6 Å². The highest BCUT2D eigenvalue weighted by Gasteiger charge is 2.15. The van der Waals surface area contributed by atoms with Crippen LogP contribution in [-0.4, -0.2) is 11.7 Å². The van der Waals surface area contributed by atoms with Crippen molar-refractivity contribution in [2.75, 3.05) is 6.61 Å². The van der Waals surface area contributed by atoms with E-state index in [4.69, 9.17) is 4.74 Å². The van der Waals surface area contributed by atoms with E-state index in [-0.39, 0.29) is 17.1 Å². The van der Waals surface area contributed by atoms with E-state index in [9.17, 15) is 13.9 Å². The molecule has 0 aromatic heterocycles. The minimum absolute atomic E-state index is 0.0709. The van der Waals surface area contributed by atoms with Crippen molar-refractivity contribution in [3.63, 3.8) is 0 Å². The second kappa shape index (κ2) is 6.37. The van der Waals surface area contributed by atoms with Crippen molar-refractivity contribution in [2.45, 2.75) is 19.8 Å². The molecule has 20 heavy (non-hydrogen) atoms. The molecule has 0 aliphatic carbocycles. The SMILES string of the molecule is CCCCOc1ccc(-c2ccc(O)cc2)c(F)c1F. The highest BCUT2D eigenvalue weighted by molar-refractivity contribution is 5.66. The monoisotopic (exact) mass is 278 g/mol. The minimum atomic E-state index is -0.980. The van der Waals surface area contributed by atoms with E-state index in [1.807, 2.05) is 6.92 Å². The number of ether oxygens (including phenoxy) is 1. The number of unbranched alkanes of at least 4 members (excludes halogenated alkanes) is 1. The Kier molecular flexibility index (Phi) is 4.56. The van der Waals surface area contributed by atoms with Gasteiger partial charge in [-0.25, -0.2) is 4.39 Å². The molecule has 0 aliphatic rings. The Balaban J connectivity index is 2.28. The van der Waals surface area contributed by atoms with Gasteiger partial charge in [0.2, 0.25) is 5.82 Å². The first-order chi connectivity index (χ1) is 9.63. The second-order valence-electron chi connectivity index (χ2n) is 4.49. The standard InChI is InChI=1S/C16H16F2O2/c1-2-3-10-20-14-9-8-13(15(17)16(14)18)11-4-6-12(19)7-5-11/h4-9,19H,2-3,10H2,1H3. The number of hydrogen-bond donors (Lipinski definition) is 1. The predicted molar refractivity (Wildman–Crippen MR) is 73.9 cm³/mol. The van der Waals surface area contributed by atoms with E-state index in [1.165, 1.54) is 36.4 Å². The van der Waals surface area contributed by atoms with Crippen LogP contribution in [-0.2, 0) is 0 Å². The molecule has 0 bridgehead atoms. The van der Waals surface area contributed by atoms with Crippen molar-refractivity contribution < 1.29 is 18.6 Å². The lowest BCUT2D eigenvalue weighted by Crippen LogP contribution is -2.01. The Morgan fingerprint density at radius 1 is 1.00 bits per heavy atom. The molecule has 0 saturated carbocycles. The van der Waals surface area contributed by atoms with Gasteiger partial charge in [0.15, 0.2) is 11.6 Å². The first-order valence-corrected chi connectivity index (χ1v) is 6.53. The topological polar surface area (TPSA) is 29.5 Å². The molecule has 2 rings (SSSR count). The molecule has 0 amide bonds. The largest absolute Gasteiger partial charge is 0.508 e. The first-order valence-electron chi connectivity index (χ1n) is 6.53. The molecule has 0 atom stereocenters. The summed E-state index contributed by atoms with van der Waals surface area (Å²) in [6, 6.07) is 8.83. The van der Waals surface area contributed by atoms with Crippen molar-refractivity contribution in [3.8, 4) is 22.6 Å². The molecule has 0 aliphatic heterocycles. The van der Waals surface area contributed by atoms with Gasteiger partial charge in [0, 0.05) is 5.56 Å². The molecule has 4 heteroatoms. The lowest BCUT2D eigenvalue weighted by atomic mass is 10.0. The minimum Gasteiger partial charge on any atom is -0.508 e. The molecule has 2 aromatic carbocycles. The zero-order valence-electron chi connectivity index (χ0n) is 11.2. The van der Waals surface area contributed by atoms with Gasteiger partial charge < -0.3 is 9.84 Å². The van der Waals surface area contributed by atoms with E-state index < -0.39 is 11.6 Å². The van der Waals surface area contributed by atoms with Crippen LogP contribution in [0.5, 0.6) is 11.5 Å². The first kappa shape index (κ1) is 14.3. The summed E-state index contributed by atoms with van der Waals surface area (Å²) >= 11 is 0. The second-order valence-corrected chi connectivity index (χ2v) is 4.49. The Morgan fingerprint density at radius 3 is 2.35 bits per heavy atom. The van der Waals surface area contributed by atoms with Crippen LogP contribution < -0.4 is 4.74 Å². The molecule has 0 spiro atoms. The van der Waals surface area contributed by atoms with Crippen LogP contribution in [0.4, 0.5) is 8.78 Å². The number of aromatic hydroxyl groups is 1. The summed E-state index contributed by atoms with van der Waals surface area (Å²) in [4.78, 5) is 0. The third kappa shape index (κ3) is 3.07. The average molecular weight is 278 g/mol. The smallest absolute Gasteiger partial charge is 0.201 e. The third-order valence-electron chi connectivity index (χ3n) is 2.98. The van der Waals surface area contributed by atoms with Gasteiger partial charge in [0.05, 0.1) is 6.61 Å². The lowest BCUT2D eigenvalue weighted by molar-refractivity contribution is 0.289. The zero-order valence-corrected chi connectivity index (χ0v) is 11.2. The van der Waals surface area contributed by atoms with Crippen molar-refractivity contribution in [1.82, 2.24) is 0 Å². The van der Waals surface area contributed by atoms with Crippen molar-refractivity contribution in [1.29, 1.82) is 0 Å². The number of halogens is 2. The van der Waals surface area contributed by atoms with E-state index in [0.29, 0.717) is 12.2 Å². The van der Waals surface area contributed by atoms with Crippen LogP contribution in [0.15, 0.2) is 36.4 Å². The number of benzene rings is 2. The van der Waals surface area contributed by atoms with E-state index in [2.05, 4.69) is 0 Å². The summed E-state index contributed by atoms with van der Waals surface area (Å²) in [5.41, 5.74) is 0.643. The highest BCUT2D eigenvalue weighted by Crippen LogP contribution is 2.30. The molecule has 2 aromatic rings.